The molecule has 1 fully saturated rings. The first-order valence-corrected chi connectivity index (χ1v) is 10.2. The van der Waals surface area contributed by atoms with Crippen molar-refractivity contribution >= 4 is 16.7 Å². The van der Waals surface area contributed by atoms with E-state index >= 15 is 0 Å². The van der Waals surface area contributed by atoms with Gasteiger partial charge in [0, 0.05) is 6.54 Å². The average molecular weight is 414 g/mol. The van der Waals surface area contributed by atoms with Crippen molar-refractivity contribution < 1.29 is 18.7 Å². The minimum Gasteiger partial charge on any atom is -0.497 e. The highest BCUT2D eigenvalue weighted by molar-refractivity contribution is 5.92. The number of amides is 1. The number of benzene rings is 3. The zero-order chi connectivity index (χ0) is 21.2. The van der Waals surface area contributed by atoms with Crippen LogP contribution in [-0.2, 0) is 6.61 Å². The molecule has 1 atom stereocenters. The van der Waals surface area contributed by atoms with Crippen LogP contribution in [0, 0.1) is 0 Å². The Bertz CT molecular complexity index is 1220. The topological polar surface area (TPSA) is 64.8 Å². The van der Waals surface area contributed by atoms with E-state index in [2.05, 4.69) is 4.98 Å². The van der Waals surface area contributed by atoms with E-state index in [0.717, 1.165) is 35.1 Å². The lowest BCUT2D eigenvalue weighted by Crippen LogP contribution is -2.45. The van der Waals surface area contributed by atoms with Gasteiger partial charge in [-0.05, 0) is 47.0 Å². The number of hydrogen-bond acceptors (Lipinski definition) is 5. The van der Waals surface area contributed by atoms with Gasteiger partial charge in [0.05, 0.1) is 13.2 Å². The number of methoxy groups -OCH3 is 1. The molecule has 0 spiro atoms. The van der Waals surface area contributed by atoms with Crippen molar-refractivity contribution in [3.05, 3.63) is 90.1 Å². The Hall–Kier alpha value is -3.80. The maximum Gasteiger partial charge on any atom is 0.276 e. The maximum absolute atomic E-state index is 12.9. The van der Waals surface area contributed by atoms with Crippen LogP contribution in [0.3, 0.4) is 0 Å². The molecule has 3 aromatic carbocycles. The molecule has 5 rings (SSSR count). The zero-order valence-corrected chi connectivity index (χ0v) is 17.2. The van der Waals surface area contributed by atoms with E-state index in [4.69, 9.17) is 13.9 Å². The second kappa shape index (κ2) is 8.14. The summed E-state index contributed by atoms with van der Waals surface area (Å²) in [5, 5.41) is 2.12. The van der Waals surface area contributed by atoms with E-state index in [1.54, 1.807) is 7.11 Å². The molecule has 156 valence electrons. The summed E-state index contributed by atoms with van der Waals surface area (Å²) in [6.45, 7) is 0.864. The molecule has 1 saturated heterocycles. The summed E-state index contributed by atoms with van der Waals surface area (Å²) < 4.78 is 16.6. The highest BCUT2D eigenvalue weighted by Crippen LogP contribution is 2.34. The van der Waals surface area contributed by atoms with E-state index in [9.17, 15) is 4.79 Å². The molecular weight excluding hydrogens is 392 g/mol. The molecule has 0 unspecified atom stereocenters. The van der Waals surface area contributed by atoms with Crippen LogP contribution < -0.4 is 9.47 Å². The Labute approximate surface area is 180 Å². The summed E-state index contributed by atoms with van der Waals surface area (Å²) in [7, 11) is 1.64. The molecule has 31 heavy (non-hydrogen) atoms. The lowest BCUT2D eigenvalue weighted by molar-refractivity contribution is 0.0454. The van der Waals surface area contributed by atoms with Crippen molar-refractivity contribution in [2.75, 3.05) is 13.7 Å². The second-order valence-electron chi connectivity index (χ2n) is 7.50. The Morgan fingerprint density at radius 3 is 2.58 bits per heavy atom. The van der Waals surface area contributed by atoms with Gasteiger partial charge in [0.15, 0.2) is 12.3 Å². The largest absolute Gasteiger partial charge is 0.497 e. The lowest BCUT2D eigenvalue weighted by atomic mass is 9.94. The third-order valence-corrected chi connectivity index (χ3v) is 5.62. The minimum absolute atomic E-state index is 0.0969. The number of ether oxygens (including phenoxy) is 2. The molecule has 1 aliphatic rings. The molecule has 0 N–H and O–H groups in total. The number of hydrogen-bond donors (Lipinski definition) is 0. The number of oxazole rings is 1. The third kappa shape index (κ3) is 3.84. The first-order valence-electron chi connectivity index (χ1n) is 10.2. The number of carbonyl (C=O) groups is 1. The van der Waals surface area contributed by atoms with Crippen molar-refractivity contribution in [1.29, 1.82) is 0 Å². The average Bonchev–Trinajstić information content (AvgIpc) is 3.26. The van der Waals surface area contributed by atoms with Crippen LogP contribution in [0.5, 0.6) is 11.5 Å². The third-order valence-electron chi connectivity index (χ3n) is 5.62. The van der Waals surface area contributed by atoms with Crippen molar-refractivity contribution in [2.24, 2.45) is 0 Å². The quantitative estimate of drug-likeness (QED) is 0.444. The minimum atomic E-state index is -0.118. The molecule has 1 aromatic heterocycles. The van der Waals surface area contributed by atoms with E-state index in [0.29, 0.717) is 17.3 Å². The van der Waals surface area contributed by atoms with Gasteiger partial charge in [0.2, 0.25) is 5.89 Å². The first-order chi connectivity index (χ1) is 15.2. The fourth-order valence-corrected chi connectivity index (χ4v) is 3.84. The molecule has 2 heterocycles. The van der Waals surface area contributed by atoms with Gasteiger partial charge in [-0.2, -0.15) is 0 Å². The highest BCUT2D eigenvalue weighted by atomic mass is 16.5. The smallest absolute Gasteiger partial charge is 0.276 e. The number of fused-ring (bicyclic) bond motifs is 1. The molecule has 6 heteroatoms. The summed E-state index contributed by atoms with van der Waals surface area (Å²) in [5.41, 5.74) is 1.45. The fourth-order valence-electron chi connectivity index (χ4n) is 3.84. The predicted octanol–water partition coefficient (Wildman–Crippen LogP) is 5.00. The van der Waals surface area contributed by atoms with Crippen molar-refractivity contribution in [2.45, 2.75) is 19.1 Å². The monoisotopic (exact) mass is 414 g/mol. The lowest BCUT2D eigenvalue weighted by Gasteiger charge is -2.40. The molecule has 4 aromatic rings. The maximum atomic E-state index is 12.9. The number of aromatic nitrogens is 1. The predicted molar refractivity (Wildman–Crippen MR) is 116 cm³/mol. The molecule has 0 radical (unpaired) electrons. The van der Waals surface area contributed by atoms with Crippen molar-refractivity contribution in [3.8, 4) is 11.5 Å². The van der Waals surface area contributed by atoms with E-state index < -0.39 is 0 Å². The Balaban J connectivity index is 1.25. The summed E-state index contributed by atoms with van der Waals surface area (Å²) in [6, 6.07) is 21.9. The van der Waals surface area contributed by atoms with Crippen LogP contribution in [0.25, 0.3) is 10.8 Å². The van der Waals surface area contributed by atoms with E-state index in [-0.39, 0.29) is 18.6 Å². The number of nitrogens with zero attached hydrogens (tertiary/aromatic N) is 2. The van der Waals surface area contributed by atoms with Gasteiger partial charge in [-0.1, -0.05) is 42.5 Å². The van der Waals surface area contributed by atoms with Crippen molar-refractivity contribution in [1.82, 2.24) is 9.88 Å². The molecule has 0 saturated carbocycles. The second-order valence-corrected chi connectivity index (χ2v) is 7.50. The number of carbonyl (C=O) groups excluding carboxylic acids is 1. The van der Waals surface area contributed by atoms with Crippen LogP contribution in [0.15, 0.2) is 77.4 Å². The van der Waals surface area contributed by atoms with E-state index in [1.165, 1.54) is 6.26 Å². The summed E-state index contributed by atoms with van der Waals surface area (Å²) >= 11 is 0. The Morgan fingerprint density at radius 2 is 1.84 bits per heavy atom. The van der Waals surface area contributed by atoms with Crippen LogP contribution >= 0.6 is 0 Å². The molecule has 0 aliphatic carbocycles. The number of rotatable bonds is 6. The summed E-state index contributed by atoms with van der Waals surface area (Å²) in [6.07, 6.45) is 2.36. The molecule has 6 nitrogen and oxygen atoms in total. The summed E-state index contributed by atoms with van der Waals surface area (Å²) in [5.74, 6) is 1.73. The SMILES string of the molecule is COc1ccc2ccc(OCc3nc(C(=O)N4CC[C@H]4c4ccccc4)co3)cc2c1. The Morgan fingerprint density at radius 1 is 1.06 bits per heavy atom. The van der Waals surface area contributed by atoms with Gasteiger partial charge in [0.25, 0.3) is 5.91 Å². The van der Waals surface area contributed by atoms with Gasteiger partial charge in [-0.25, -0.2) is 4.98 Å². The van der Waals surface area contributed by atoms with Gasteiger partial charge < -0.3 is 18.8 Å². The van der Waals surface area contributed by atoms with Crippen LogP contribution in [0.1, 0.15) is 34.4 Å². The molecule has 1 aliphatic heterocycles. The van der Waals surface area contributed by atoms with Crippen LogP contribution in [-0.4, -0.2) is 29.4 Å². The first kappa shape index (κ1) is 19.2. The van der Waals surface area contributed by atoms with Crippen LogP contribution in [0.2, 0.25) is 0 Å². The fraction of sp³-hybridized carbons (Fsp3) is 0.200. The van der Waals surface area contributed by atoms with Gasteiger partial charge >= 0.3 is 0 Å². The standard InChI is InChI=1S/C25H22N2O4/c1-29-20-9-7-17-8-10-21(14-19(17)13-20)30-16-24-26-22(15-31-24)25(28)27-12-11-23(27)18-5-3-2-4-6-18/h2-10,13-15,23H,11-12,16H2,1H3/t23-/m0/s1. The van der Waals surface area contributed by atoms with Gasteiger partial charge in [-0.15, -0.1) is 0 Å². The van der Waals surface area contributed by atoms with Crippen LogP contribution in [0.4, 0.5) is 0 Å². The molecule has 0 bridgehead atoms. The summed E-state index contributed by atoms with van der Waals surface area (Å²) in [4.78, 5) is 19.0. The van der Waals surface area contributed by atoms with Gasteiger partial charge in [-0.3, -0.25) is 4.79 Å². The van der Waals surface area contributed by atoms with Crippen molar-refractivity contribution in [3.63, 3.8) is 0 Å². The van der Waals surface area contributed by atoms with Gasteiger partial charge in [0.1, 0.15) is 17.8 Å². The molecular formula is C25H22N2O4. The Kier molecular flexibility index (Phi) is 5.04. The molecule has 1 amide bonds. The number of likely N-dealkylation sites (tertiary alicyclic amines) is 1. The highest BCUT2D eigenvalue weighted by Gasteiger charge is 2.35. The normalized spacial score (nSPS) is 15.5. The van der Waals surface area contributed by atoms with E-state index in [1.807, 2.05) is 71.6 Å². The zero-order valence-electron chi connectivity index (χ0n) is 17.2.